The Morgan fingerprint density at radius 2 is 1.88 bits per heavy atom. The fourth-order valence-corrected chi connectivity index (χ4v) is 5.54. The summed E-state index contributed by atoms with van der Waals surface area (Å²) in [7, 11) is 3.21. The van der Waals surface area contributed by atoms with E-state index in [2.05, 4.69) is 4.90 Å². The van der Waals surface area contributed by atoms with Crippen LogP contribution in [-0.2, 0) is 11.3 Å². The smallest absolute Gasteiger partial charge is 0.294 e. The average molecular weight is 471 g/mol. The summed E-state index contributed by atoms with van der Waals surface area (Å²) in [6.45, 7) is 3.13. The second-order valence-corrected chi connectivity index (χ2v) is 9.21. The van der Waals surface area contributed by atoms with Crippen molar-refractivity contribution in [1.82, 2.24) is 14.8 Å². The number of thiophene rings is 1. The number of ether oxygens (including phenoxy) is 3. The first-order valence-electron chi connectivity index (χ1n) is 10.2. The van der Waals surface area contributed by atoms with E-state index in [1.54, 1.807) is 31.6 Å². The number of thiazole rings is 1. The van der Waals surface area contributed by atoms with Gasteiger partial charge in [-0.3, -0.25) is 4.79 Å². The third-order valence-electron chi connectivity index (χ3n) is 5.27. The summed E-state index contributed by atoms with van der Waals surface area (Å²) in [5, 5.41) is 7.61. The van der Waals surface area contributed by atoms with E-state index in [9.17, 15) is 4.79 Å². The minimum atomic E-state index is -0.210. The molecule has 0 spiro atoms. The second-order valence-electron chi connectivity index (χ2n) is 7.28. The van der Waals surface area contributed by atoms with Gasteiger partial charge in [0.25, 0.3) is 5.56 Å². The molecule has 0 saturated carbocycles. The molecule has 0 radical (unpaired) electrons. The molecule has 1 aromatic carbocycles. The van der Waals surface area contributed by atoms with Crippen molar-refractivity contribution in [2.45, 2.75) is 6.54 Å². The summed E-state index contributed by atoms with van der Waals surface area (Å²) >= 11 is 3.12. The fourth-order valence-electron chi connectivity index (χ4n) is 3.65. The van der Waals surface area contributed by atoms with Gasteiger partial charge in [0.05, 0.1) is 43.6 Å². The zero-order valence-corrected chi connectivity index (χ0v) is 19.4. The summed E-state index contributed by atoms with van der Waals surface area (Å²) in [5.74, 6) is 1.32. The van der Waals surface area contributed by atoms with E-state index in [0.717, 1.165) is 39.1 Å². The van der Waals surface area contributed by atoms with E-state index >= 15 is 0 Å². The molecule has 0 unspecified atom stereocenters. The molecule has 10 heteroatoms. The Balaban J connectivity index is 1.63. The van der Waals surface area contributed by atoms with Gasteiger partial charge < -0.3 is 19.1 Å². The summed E-state index contributed by atoms with van der Waals surface area (Å²) in [6, 6.07) is 9.57. The molecule has 0 atom stereocenters. The highest BCUT2D eigenvalue weighted by molar-refractivity contribution is 7.23. The molecule has 166 valence electrons. The van der Waals surface area contributed by atoms with Crippen molar-refractivity contribution in [2.24, 2.45) is 0 Å². The lowest BCUT2D eigenvalue weighted by atomic mass is 10.2. The maximum absolute atomic E-state index is 13.4. The summed E-state index contributed by atoms with van der Waals surface area (Å²) in [6.07, 6.45) is 0. The van der Waals surface area contributed by atoms with Gasteiger partial charge in [0.2, 0.25) is 0 Å². The molecule has 5 rings (SSSR count). The summed E-state index contributed by atoms with van der Waals surface area (Å²) in [5.41, 5.74) is 1.87. The highest BCUT2D eigenvalue weighted by Crippen LogP contribution is 2.35. The molecule has 32 heavy (non-hydrogen) atoms. The Morgan fingerprint density at radius 1 is 1.12 bits per heavy atom. The monoisotopic (exact) mass is 470 g/mol. The van der Waals surface area contributed by atoms with Crippen molar-refractivity contribution in [3.63, 3.8) is 0 Å². The molecule has 1 saturated heterocycles. The first-order valence-corrected chi connectivity index (χ1v) is 11.9. The van der Waals surface area contributed by atoms with E-state index in [-0.39, 0.29) is 12.1 Å². The Labute approximate surface area is 192 Å². The van der Waals surface area contributed by atoms with Gasteiger partial charge in [-0.1, -0.05) is 17.4 Å². The first kappa shape index (κ1) is 20.9. The number of rotatable bonds is 6. The number of anilines is 1. The molecule has 3 aromatic heterocycles. The van der Waals surface area contributed by atoms with Crippen LogP contribution in [0.1, 0.15) is 5.56 Å². The minimum Gasteiger partial charge on any atom is -0.497 e. The number of hydrogen-bond acceptors (Lipinski definition) is 9. The third-order valence-corrected chi connectivity index (χ3v) is 7.27. The van der Waals surface area contributed by atoms with Crippen molar-refractivity contribution in [1.29, 1.82) is 0 Å². The Hall–Kier alpha value is -2.95. The molecular weight excluding hydrogens is 448 g/mol. The van der Waals surface area contributed by atoms with Crippen molar-refractivity contribution >= 4 is 38.0 Å². The van der Waals surface area contributed by atoms with Gasteiger partial charge in [0, 0.05) is 19.2 Å². The Bertz CT molecular complexity index is 1270. The fraction of sp³-hybridized carbons (Fsp3) is 0.318. The van der Waals surface area contributed by atoms with E-state index in [1.807, 2.05) is 29.6 Å². The zero-order valence-electron chi connectivity index (χ0n) is 17.7. The van der Waals surface area contributed by atoms with E-state index in [1.165, 1.54) is 16.0 Å². The highest BCUT2D eigenvalue weighted by Gasteiger charge is 2.22. The molecule has 0 aliphatic carbocycles. The normalized spacial score (nSPS) is 14.1. The van der Waals surface area contributed by atoms with Gasteiger partial charge in [-0.25, -0.2) is 9.67 Å². The molecule has 0 bridgehead atoms. The molecule has 1 fully saturated rings. The number of nitrogens with zero attached hydrogens (tertiary/aromatic N) is 4. The van der Waals surface area contributed by atoms with Crippen LogP contribution in [0, 0.1) is 0 Å². The lowest BCUT2D eigenvalue weighted by molar-refractivity contribution is 0.122. The van der Waals surface area contributed by atoms with Crippen molar-refractivity contribution in [3.05, 3.63) is 51.6 Å². The minimum absolute atomic E-state index is 0.210. The van der Waals surface area contributed by atoms with E-state index in [4.69, 9.17) is 24.3 Å². The quantitative estimate of drug-likeness (QED) is 0.427. The number of benzene rings is 1. The van der Waals surface area contributed by atoms with Crippen LogP contribution in [0.3, 0.4) is 0 Å². The summed E-state index contributed by atoms with van der Waals surface area (Å²) in [4.78, 5) is 21.3. The molecule has 1 aliphatic rings. The molecular formula is C22H22N4O4S2. The molecule has 8 nitrogen and oxygen atoms in total. The lowest BCUT2D eigenvalue weighted by Gasteiger charge is -2.25. The van der Waals surface area contributed by atoms with Crippen LogP contribution in [-0.4, -0.2) is 55.3 Å². The molecule has 1 aliphatic heterocycles. The van der Waals surface area contributed by atoms with Crippen LogP contribution in [0.2, 0.25) is 0 Å². The molecule has 4 heterocycles. The largest absolute Gasteiger partial charge is 0.497 e. The van der Waals surface area contributed by atoms with Crippen LogP contribution >= 0.6 is 22.7 Å². The van der Waals surface area contributed by atoms with Crippen LogP contribution in [0.4, 0.5) is 5.13 Å². The predicted octanol–water partition coefficient (Wildman–Crippen LogP) is 3.48. The third kappa shape index (κ3) is 3.96. The maximum atomic E-state index is 13.4. The van der Waals surface area contributed by atoms with Gasteiger partial charge >= 0.3 is 0 Å². The second kappa shape index (κ2) is 8.89. The van der Waals surface area contributed by atoms with Gasteiger partial charge in [-0.2, -0.15) is 5.10 Å². The standard InChI is InChI=1S/C22H22N4O4S2/c1-28-15-10-14(11-16(12-15)29-2)13-26-21(27)19-20(18(24-26)17-4-3-9-31-17)32-22(23-19)25-5-7-30-8-6-25/h3-4,9-12H,5-8,13H2,1-2H3. The van der Waals surface area contributed by atoms with Crippen LogP contribution in [0.5, 0.6) is 11.5 Å². The van der Waals surface area contributed by atoms with Gasteiger partial charge in [0.15, 0.2) is 10.6 Å². The number of aromatic nitrogens is 3. The highest BCUT2D eigenvalue weighted by atomic mass is 32.1. The molecule has 4 aromatic rings. The number of methoxy groups -OCH3 is 2. The summed E-state index contributed by atoms with van der Waals surface area (Å²) < 4.78 is 18.5. The van der Waals surface area contributed by atoms with Gasteiger partial charge in [-0.15, -0.1) is 11.3 Å². The number of hydrogen-bond donors (Lipinski definition) is 0. The topological polar surface area (TPSA) is 78.7 Å². The van der Waals surface area contributed by atoms with Crippen LogP contribution in [0.25, 0.3) is 20.8 Å². The lowest BCUT2D eigenvalue weighted by Crippen LogP contribution is -2.36. The SMILES string of the molecule is COc1cc(Cn2nc(-c3cccs3)c3sc(N4CCOCC4)nc3c2=O)cc(OC)c1. The van der Waals surface area contributed by atoms with Crippen LogP contribution < -0.4 is 19.9 Å². The zero-order chi connectivity index (χ0) is 22.1. The predicted molar refractivity (Wildman–Crippen MR) is 127 cm³/mol. The van der Waals surface area contributed by atoms with Crippen molar-refractivity contribution in [3.8, 4) is 22.1 Å². The van der Waals surface area contributed by atoms with E-state index < -0.39 is 0 Å². The van der Waals surface area contributed by atoms with Crippen LogP contribution in [0.15, 0.2) is 40.5 Å². The number of morpholine rings is 1. The van der Waals surface area contributed by atoms with Gasteiger partial charge in [0.1, 0.15) is 17.2 Å². The maximum Gasteiger partial charge on any atom is 0.294 e. The first-order chi connectivity index (χ1) is 15.7. The van der Waals surface area contributed by atoms with Crippen molar-refractivity contribution < 1.29 is 14.2 Å². The number of fused-ring (bicyclic) bond motifs is 1. The Kier molecular flexibility index (Phi) is 5.81. The molecule has 0 amide bonds. The van der Waals surface area contributed by atoms with E-state index in [0.29, 0.717) is 30.2 Å². The average Bonchev–Trinajstić information content (AvgIpc) is 3.52. The van der Waals surface area contributed by atoms with Gasteiger partial charge in [-0.05, 0) is 29.1 Å². The molecule has 0 N–H and O–H groups in total. The van der Waals surface area contributed by atoms with Crippen molar-refractivity contribution in [2.75, 3.05) is 45.4 Å². The Morgan fingerprint density at radius 3 is 2.53 bits per heavy atom.